The summed E-state index contributed by atoms with van der Waals surface area (Å²) in [5, 5.41) is 0. The Morgan fingerprint density at radius 1 is 1.27 bits per heavy atom. The van der Waals surface area contributed by atoms with Gasteiger partial charge in [0, 0.05) is 38.7 Å². The van der Waals surface area contributed by atoms with Gasteiger partial charge in [0.15, 0.2) is 0 Å². The molecule has 7 nitrogen and oxygen atoms in total. The summed E-state index contributed by atoms with van der Waals surface area (Å²) in [6.07, 6.45) is 7.21. The second-order valence-electron chi connectivity index (χ2n) is 7.30. The third-order valence-electron chi connectivity index (χ3n) is 5.32. The molecule has 1 spiro atoms. The highest BCUT2D eigenvalue weighted by molar-refractivity contribution is 5.94. The van der Waals surface area contributed by atoms with Gasteiger partial charge < -0.3 is 20.3 Å². The maximum atomic E-state index is 12.6. The first kappa shape index (κ1) is 18.5. The average Bonchev–Trinajstić information content (AvgIpc) is 2.94. The van der Waals surface area contributed by atoms with Gasteiger partial charge in [0.25, 0.3) is 5.91 Å². The van der Waals surface area contributed by atoms with Crippen LogP contribution in [0, 0.1) is 0 Å². The van der Waals surface area contributed by atoms with Gasteiger partial charge in [0.2, 0.25) is 0 Å². The summed E-state index contributed by atoms with van der Waals surface area (Å²) in [6, 6.07) is 3.33. The number of ether oxygens (including phenoxy) is 1. The highest BCUT2D eigenvalue weighted by Gasteiger charge is 2.47. The third kappa shape index (κ3) is 4.08. The van der Waals surface area contributed by atoms with E-state index < -0.39 is 5.60 Å². The van der Waals surface area contributed by atoms with E-state index in [9.17, 15) is 9.59 Å². The van der Waals surface area contributed by atoms with Crippen LogP contribution in [-0.2, 0) is 4.74 Å². The van der Waals surface area contributed by atoms with E-state index in [1.807, 2.05) is 4.90 Å². The zero-order chi connectivity index (χ0) is 18.6. The highest BCUT2D eigenvalue weighted by Crippen LogP contribution is 2.33. The molecule has 0 atom stereocenters. The van der Waals surface area contributed by atoms with Gasteiger partial charge in [-0.05, 0) is 18.6 Å². The number of aromatic nitrogens is 1. The lowest BCUT2D eigenvalue weighted by molar-refractivity contribution is 0.00313. The molecule has 26 heavy (non-hydrogen) atoms. The lowest BCUT2D eigenvalue weighted by Gasteiger charge is -2.37. The molecule has 2 amide bonds. The number of likely N-dealkylation sites (tertiary alicyclic amines) is 1. The minimum Gasteiger partial charge on any atom is -0.441 e. The summed E-state index contributed by atoms with van der Waals surface area (Å²) in [6.45, 7) is 4.75. The van der Waals surface area contributed by atoms with Gasteiger partial charge >= 0.3 is 6.09 Å². The van der Waals surface area contributed by atoms with Crippen LogP contribution in [-0.4, -0.2) is 58.6 Å². The van der Waals surface area contributed by atoms with Crippen molar-refractivity contribution in [2.45, 2.75) is 51.0 Å². The van der Waals surface area contributed by atoms with Gasteiger partial charge in [0.1, 0.15) is 11.4 Å². The maximum absolute atomic E-state index is 12.6. The van der Waals surface area contributed by atoms with Crippen molar-refractivity contribution in [3.05, 3.63) is 23.9 Å². The second-order valence-corrected chi connectivity index (χ2v) is 7.30. The van der Waals surface area contributed by atoms with Crippen LogP contribution in [0.2, 0.25) is 0 Å². The minimum atomic E-state index is -0.433. The van der Waals surface area contributed by atoms with Crippen LogP contribution in [0.25, 0.3) is 0 Å². The monoisotopic (exact) mass is 360 g/mol. The van der Waals surface area contributed by atoms with Crippen molar-refractivity contribution in [3.8, 4) is 0 Å². The number of nitrogens with two attached hydrogens (primary N) is 1. The molecule has 2 fully saturated rings. The molecular weight excluding hydrogens is 332 g/mol. The first-order valence-corrected chi connectivity index (χ1v) is 9.52. The quantitative estimate of drug-likeness (QED) is 0.788. The molecule has 0 unspecified atom stereocenters. The Morgan fingerprint density at radius 3 is 2.69 bits per heavy atom. The molecular formula is C19H28N4O3. The molecule has 7 heteroatoms. The molecule has 0 aromatic carbocycles. The van der Waals surface area contributed by atoms with E-state index in [1.165, 1.54) is 19.0 Å². The standard InChI is InChI=1S/C19H28N4O3/c1-2-3-4-5-10-23-14-19(26-18(23)25)8-11-22(12-9-19)17(24)15-6-7-16(20)21-13-15/h6-7,13H,2-5,8-12,14H2,1H3,(H2,20,21). The lowest BCUT2D eigenvalue weighted by Crippen LogP contribution is -2.48. The Kier molecular flexibility index (Phi) is 5.64. The van der Waals surface area contributed by atoms with Gasteiger partial charge in [0.05, 0.1) is 12.1 Å². The van der Waals surface area contributed by atoms with Gasteiger partial charge in [-0.3, -0.25) is 4.79 Å². The summed E-state index contributed by atoms with van der Waals surface area (Å²) in [4.78, 5) is 32.4. The normalized spacial score (nSPS) is 19.0. The third-order valence-corrected chi connectivity index (χ3v) is 5.32. The number of anilines is 1. The molecule has 142 valence electrons. The predicted molar refractivity (Wildman–Crippen MR) is 98.7 cm³/mol. The van der Waals surface area contributed by atoms with Crippen LogP contribution in [0.3, 0.4) is 0 Å². The van der Waals surface area contributed by atoms with Crippen molar-refractivity contribution in [2.24, 2.45) is 0 Å². The number of unbranched alkanes of at least 4 members (excludes halogenated alkanes) is 3. The van der Waals surface area contributed by atoms with E-state index in [0.29, 0.717) is 43.9 Å². The van der Waals surface area contributed by atoms with Crippen molar-refractivity contribution in [2.75, 3.05) is 31.9 Å². The minimum absolute atomic E-state index is 0.0481. The number of carbonyl (C=O) groups is 2. The number of hydrogen-bond donors (Lipinski definition) is 1. The highest BCUT2D eigenvalue weighted by atomic mass is 16.6. The number of nitrogen functional groups attached to an aromatic ring is 1. The van der Waals surface area contributed by atoms with Crippen molar-refractivity contribution < 1.29 is 14.3 Å². The Morgan fingerprint density at radius 2 is 2.04 bits per heavy atom. The van der Waals surface area contributed by atoms with Crippen LogP contribution in [0.5, 0.6) is 0 Å². The molecule has 0 aliphatic carbocycles. The molecule has 1 aromatic rings. The average molecular weight is 360 g/mol. The topological polar surface area (TPSA) is 88.8 Å². The Balaban J connectivity index is 1.52. The molecule has 2 N–H and O–H groups in total. The smallest absolute Gasteiger partial charge is 0.410 e. The summed E-state index contributed by atoms with van der Waals surface area (Å²) in [7, 11) is 0. The molecule has 1 aromatic heterocycles. The molecule has 0 bridgehead atoms. The molecule has 0 saturated carbocycles. The van der Waals surface area contributed by atoms with Crippen LogP contribution in [0.4, 0.5) is 10.6 Å². The predicted octanol–water partition coefficient (Wildman–Crippen LogP) is 2.67. The Labute approximate surface area is 154 Å². The molecule has 3 rings (SSSR count). The van der Waals surface area contributed by atoms with Gasteiger partial charge in [-0.2, -0.15) is 0 Å². The number of amides is 2. The lowest BCUT2D eigenvalue weighted by atomic mass is 9.91. The first-order chi connectivity index (χ1) is 12.5. The number of rotatable bonds is 6. The summed E-state index contributed by atoms with van der Waals surface area (Å²) >= 11 is 0. The summed E-state index contributed by atoms with van der Waals surface area (Å²) < 4.78 is 5.73. The molecule has 2 aliphatic rings. The maximum Gasteiger partial charge on any atom is 0.410 e. The van der Waals surface area contributed by atoms with E-state index in [0.717, 1.165) is 19.4 Å². The first-order valence-electron chi connectivity index (χ1n) is 9.52. The largest absolute Gasteiger partial charge is 0.441 e. The Hall–Kier alpha value is -2.31. The fourth-order valence-corrected chi connectivity index (χ4v) is 3.69. The fourth-order valence-electron chi connectivity index (χ4n) is 3.69. The van der Waals surface area contributed by atoms with Crippen LogP contribution in [0.1, 0.15) is 55.8 Å². The van der Waals surface area contributed by atoms with Crippen molar-refractivity contribution >= 4 is 17.8 Å². The van der Waals surface area contributed by atoms with E-state index in [4.69, 9.17) is 10.5 Å². The van der Waals surface area contributed by atoms with Crippen molar-refractivity contribution in [1.29, 1.82) is 0 Å². The Bertz CT molecular complexity index is 639. The van der Waals surface area contributed by atoms with E-state index in [2.05, 4.69) is 11.9 Å². The number of piperidine rings is 1. The zero-order valence-electron chi connectivity index (χ0n) is 15.4. The van der Waals surface area contributed by atoms with Gasteiger partial charge in [-0.1, -0.05) is 26.2 Å². The van der Waals surface area contributed by atoms with Gasteiger partial charge in [-0.25, -0.2) is 9.78 Å². The van der Waals surface area contributed by atoms with Crippen LogP contribution >= 0.6 is 0 Å². The summed E-state index contributed by atoms with van der Waals surface area (Å²) in [5.41, 5.74) is 5.68. The number of pyridine rings is 1. The summed E-state index contributed by atoms with van der Waals surface area (Å²) in [5.74, 6) is 0.351. The molecule has 2 aliphatic heterocycles. The van der Waals surface area contributed by atoms with Crippen molar-refractivity contribution in [1.82, 2.24) is 14.8 Å². The van der Waals surface area contributed by atoms with Crippen LogP contribution < -0.4 is 5.73 Å². The van der Waals surface area contributed by atoms with Crippen molar-refractivity contribution in [3.63, 3.8) is 0 Å². The second kappa shape index (κ2) is 7.93. The van der Waals surface area contributed by atoms with E-state index in [1.54, 1.807) is 17.0 Å². The number of nitrogens with zero attached hydrogens (tertiary/aromatic N) is 3. The molecule has 0 radical (unpaired) electrons. The van der Waals surface area contributed by atoms with Gasteiger partial charge in [-0.15, -0.1) is 0 Å². The van der Waals surface area contributed by atoms with E-state index >= 15 is 0 Å². The zero-order valence-corrected chi connectivity index (χ0v) is 15.4. The molecule has 2 saturated heterocycles. The SMILES string of the molecule is CCCCCCN1CC2(CCN(C(=O)c3ccc(N)nc3)CC2)OC1=O. The molecule has 3 heterocycles. The van der Waals surface area contributed by atoms with Crippen LogP contribution in [0.15, 0.2) is 18.3 Å². The number of carbonyl (C=O) groups excluding carboxylic acids is 2. The fraction of sp³-hybridized carbons (Fsp3) is 0.632. The van der Waals surface area contributed by atoms with E-state index in [-0.39, 0.29) is 12.0 Å². The number of hydrogen-bond acceptors (Lipinski definition) is 5.